The average Bonchev–Trinajstić information content (AvgIpc) is 1.51. The van der Waals surface area contributed by atoms with Gasteiger partial charge < -0.3 is 71.3 Å². The zero-order valence-electron chi connectivity index (χ0n) is 81.9. The summed E-state index contributed by atoms with van der Waals surface area (Å²) in [5.74, 6) is -1.26. The lowest BCUT2D eigenvalue weighted by molar-refractivity contribution is 0.0583. The third-order valence-electron chi connectivity index (χ3n) is 25.5. The number of hydrogen-bond donors (Lipinski definition) is 4. The molecular formula is C99H125Cl4F4N23O8. The molecule has 4 aliphatic rings. The van der Waals surface area contributed by atoms with Crippen LogP contribution in [-0.4, -0.2) is 251 Å². The minimum atomic E-state index is -0.769. The maximum absolute atomic E-state index is 15.6. The number of piperazine rings is 3. The van der Waals surface area contributed by atoms with Crippen molar-refractivity contribution in [2.75, 3.05) is 128 Å². The Morgan fingerprint density at radius 1 is 0.355 bits per heavy atom. The lowest BCUT2D eigenvalue weighted by atomic mass is 9.95. The molecule has 0 bridgehead atoms. The van der Waals surface area contributed by atoms with Crippen molar-refractivity contribution in [1.29, 1.82) is 0 Å². The van der Waals surface area contributed by atoms with E-state index in [2.05, 4.69) is 55.4 Å². The maximum Gasteiger partial charge on any atom is 0.260 e. The molecule has 4 aromatic carbocycles. The van der Waals surface area contributed by atoms with Crippen molar-refractivity contribution in [3.8, 4) is 23.0 Å². The van der Waals surface area contributed by atoms with Crippen molar-refractivity contribution >= 4 is 115 Å². The van der Waals surface area contributed by atoms with Gasteiger partial charge in [0, 0.05) is 193 Å². The second-order valence-electron chi connectivity index (χ2n) is 36.9. The van der Waals surface area contributed by atoms with Crippen LogP contribution in [-0.2, 0) is 0 Å². The number of imidazole rings is 4. The molecule has 12 aromatic rings. The van der Waals surface area contributed by atoms with E-state index in [9.17, 15) is 19.2 Å². The van der Waals surface area contributed by atoms with Gasteiger partial charge in [0.25, 0.3) is 23.6 Å². The summed E-state index contributed by atoms with van der Waals surface area (Å²) < 4.78 is 93.8. The van der Waals surface area contributed by atoms with Crippen molar-refractivity contribution in [2.45, 2.75) is 205 Å². The Hall–Kier alpha value is -11.6. The van der Waals surface area contributed by atoms with Crippen molar-refractivity contribution in [3.63, 3.8) is 0 Å². The molecular weight excluding hydrogens is 1860 g/mol. The highest BCUT2D eigenvalue weighted by Crippen LogP contribution is 2.47. The number of halogens is 8. The van der Waals surface area contributed by atoms with E-state index in [-0.39, 0.29) is 113 Å². The summed E-state index contributed by atoms with van der Waals surface area (Å²) in [6, 6.07) is 6.52. The molecule has 138 heavy (non-hydrogen) atoms. The first-order chi connectivity index (χ1) is 65.4. The van der Waals surface area contributed by atoms with E-state index in [1.165, 1.54) is 24.3 Å². The Balaban J connectivity index is 0.000000155. The fraction of sp³-hybridized carbons (Fsp3) is 0.475. The zero-order valence-corrected chi connectivity index (χ0v) is 85.0. The molecule has 39 heteroatoms. The number of hydrogen-bond acceptors (Lipinski definition) is 23. The number of anilines is 4. The van der Waals surface area contributed by atoms with Gasteiger partial charge in [0.2, 0.25) is 0 Å². The Labute approximate surface area is 821 Å². The predicted octanol–water partition coefficient (Wildman–Crippen LogP) is 17.4. The molecule has 0 aliphatic carbocycles. The number of aromatic nitrogens is 12. The molecule has 8 N–H and O–H groups in total. The summed E-state index contributed by atoms with van der Waals surface area (Å²) in [6.07, 6.45) is 15.3. The monoisotopic (exact) mass is 1980 g/mol. The molecule has 4 amide bonds. The SMILES string of the molecule is CCN1CCN(C(=O)c2c(F)c(Cl)cc(C(C)c3nc(C)c4c(N)nccn34)c2OC(C)C)CC1.Cc1nc(C(C)c2cc(Cl)c(F)c(C(=O)N3CCCCC3)c2OC(C)C)n2ccnc(N)c12.Cc1nc(C(C)c2cc(Cl)c(F)c(C(=O)N3CCN(C(C)C)CC3)c2OC(C)C)n2ccnc(N)c12.Cc1nc(C(C)c2cc(Cl)c(F)c(C(=O)N3CCN(C)CC3)c2OC(C)C)n2ccnc(N)c12. The van der Waals surface area contributed by atoms with Crippen LogP contribution < -0.4 is 41.9 Å². The molecule has 4 fully saturated rings. The number of likely N-dealkylation sites (N-methyl/N-ethyl adjacent to an activating group) is 2. The van der Waals surface area contributed by atoms with E-state index in [0.717, 1.165) is 74.8 Å². The molecule has 0 saturated carbocycles. The Morgan fingerprint density at radius 3 is 0.819 bits per heavy atom. The fourth-order valence-electron chi connectivity index (χ4n) is 18.3. The number of nitrogens with zero attached hydrogens (tertiary/aromatic N) is 19. The Morgan fingerprint density at radius 2 is 0.587 bits per heavy atom. The van der Waals surface area contributed by atoms with Crippen LogP contribution in [0.3, 0.4) is 0 Å². The van der Waals surface area contributed by atoms with E-state index in [1.807, 2.05) is 135 Å². The minimum Gasteiger partial charge on any atom is -0.490 e. The van der Waals surface area contributed by atoms with Crippen LogP contribution in [0.15, 0.2) is 73.8 Å². The van der Waals surface area contributed by atoms with Crippen molar-refractivity contribution in [1.82, 2.24) is 91.8 Å². The summed E-state index contributed by atoms with van der Waals surface area (Å²) >= 11 is 25.4. The first kappa shape index (κ1) is 104. The Kier molecular flexibility index (Phi) is 33.0. The van der Waals surface area contributed by atoms with Gasteiger partial charge in [-0.25, -0.2) is 57.4 Å². The normalized spacial score (nSPS) is 15.7. The zero-order chi connectivity index (χ0) is 100. The molecule has 8 aromatic heterocycles. The van der Waals surface area contributed by atoms with Crippen LogP contribution in [0.2, 0.25) is 20.1 Å². The van der Waals surface area contributed by atoms with Crippen molar-refractivity contribution in [2.24, 2.45) is 0 Å². The van der Waals surface area contributed by atoms with Crippen molar-refractivity contribution < 1.29 is 55.7 Å². The van der Waals surface area contributed by atoms with Gasteiger partial charge in [-0.3, -0.25) is 41.7 Å². The number of ether oxygens (including phenoxy) is 4. The number of nitrogen functional groups attached to an aromatic ring is 4. The number of amides is 4. The van der Waals surface area contributed by atoms with Gasteiger partial charge >= 0.3 is 0 Å². The number of nitrogens with two attached hydrogens (primary N) is 4. The number of aryl methyl sites for hydroxylation is 4. The van der Waals surface area contributed by atoms with Crippen LogP contribution >= 0.6 is 46.4 Å². The lowest BCUT2D eigenvalue weighted by Gasteiger charge is -2.37. The third kappa shape index (κ3) is 21.6. The van der Waals surface area contributed by atoms with Crippen LogP contribution in [0.4, 0.5) is 40.8 Å². The van der Waals surface area contributed by atoms with Gasteiger partial charge in [-0.1, -0.05) is 81.0 Å². The van der Waals surface area contributed by atoms with Gasteiger partial charge in [-0.15, -0.1) is 0 Å². The van der Waals surface area contributed by atoms with Crippen LogP contribution in [0, 0.1) is 51.0 Å². The number of rotatable bonds is 22. The Bertz CT molecular complexity index is 6520. The number of likely N-dealkylation sites (tertiary alicyclic amines) is 1. The summed E-state index contributed by atoms with van der Waals surface area (Å²) in [6.45, 7) is 45.7. The molecule has 16 rings (SSSR count). The molecule has 4 aliphatic heterocycles. The number of fused-ring (bicyclic) bond motifs is 4. The summed E-state index contributed by atoms with van der Waals surface area (Å²) in [7, 11) is 1.99. The molecule has 31 nitrogen and oxygen atoms in total. The van der Waals surface area contributed by atoms with Crippen LogP contribution in [0.5, 0.6) is 23.0 Å². The number of benzene rings is 4. The second kappa shape index (κ2) is 43.8. The van der Waals surface area contributed by atoms with Gasteiger partial charge in [-0.2, -0.15) is 0 Å². The average molecular weight is 1980 g/mol. The minimum absolute atomic E-state index is 0.112. The van der Waals surface area contributed by atoms with Crippen molar-refractivity contribution in [3.05, 3.63) is 208 Å². The second-order valence-corrected chi connectivity index (χ2v) is 38.5. The van der Waals surface area contributed by atoms with Crippen LogP contribution in [0.1, 0.15) is 257 Å². The predicted molar refractivity (Wildman–Crippen MR) is 531 cm³/mol. The van der Waals surface area contributed by atoms with Gasteiger partial charge in [0.15, 0.2) is 23.3 Å². The molecule has 0 radical (unpaired) electrons. The molecule has 740 valence electrons. The topological polar surface area (TPSA) is 353 Å². The fourth-order valence-corrected chi connectivity index (χ4v) is 19.2. The lowest BCUT2D eigenvalue weighted by Crippen LogP contribution is -2.51. The van der Waals surface area contributed by atoms with E-state index in [4.69, 9.17) is 108 Å². The molecule has 4 saturated heterocycles. The third-order valence-corrected chi connectivity index (χ3v) is 26.6. The standard InChI is InChI=1S/C26H34ClFN6O2.C25H32ClFN6O2.C24H30ClFN6O2.C24H29ClFN5O2/c1-14(2)32-9-11-33(12-10-32)26(35)20-21(28)19(27)13-18(23(20)36-15(3)4)16(5)25-31-17(6)22-24(29)30-7-8-34(22)25;1-6-31-9-11-32(12-10-31)25(34)19-20(27)18(26)13-17(22(19)35-14(2)3)15(4)24-30-16(5)21-23(28)29-7-8-33(21)24;1-13(2)34-21-16(14(3)23-29-15(4)20-22(27)28-6-7-32(20)23)12-17(25)19(26)18(21)24(33)31-10-8-30(5)9-11-31;1-13(2)33-21-16(14(3)23-29-15(4)20-22(27)28-8-11-31(20)23)12-17(25)19(26)18(21)24(32)30-9-6-5-7-10-30/h7-8,13-16H,9-12H2,1-6H3,(H2,29,30);7-8,13-15H,6,9-12H2,1-5H3,(H2,28,29);6-7,12-14H,8-11H2,1-5H3,(H2,27,28);8,11-14H,5-7,9-10H2,1-4H3,(H2,27,28). The van der Waals surface area contributed by atoms with Gasteiger partial charge in [0.1, 0.15) is 114 Å². The molecule has 4 atom stereocenters. The highest BCUT2D eigenvalue weighted by atomic mass is 35.5. The van der Waals surface area contributed by atoms with E-state index in [1.54, 1.807) is 69.2 Å². The summed E-state index contributed by atoms with van der Waals surface area (Å²) in [5.41, 5.74) is 31.9. The number of piperidine rings is 1. The van der Waals surface area contributed by atoms with E-state index in [0.29, 0.717) is 162 Å². The first-order valence-corrected chi connectivity index (χ1v) is 48.4. The van der Waals surface area contributed by atoms with E-state index < -0.39 is 46.9 Å². The first-order valence-electron chi connectivity index (χ1n) is 46.9. The molecule has 4 unspecified atom stereocenters. The summed E-state index contributed by atoms with van der Waals surface area (Å²) in [4.78, 5) is 103. The van der Waals surface area contributed by atoms with Gasteiger partial charge in [0.05, 0.1) is 67.3 Å². The van der Waals surface area contributed by atoms with Crippen LogP contribution in [0.25, 0.3) is 22.1 Å². The number of carbonyl (C=O) groups excluding carboxylic acids is 4. The summed E-state index contributed by atoms with van der Waals surface area (Å²) in [5, 5.41) is -0.505. The highest BCUT2D eigenvalue weighted by Gasteiger charge is 2.40. The quantitative estimate of drug-likeness (QED) is 0.0458. The molecule has 12 heterocycles. The highest BCUT2D eigenvalue weighted by molar-refractivity contribution is 6.32. The number of carbonyl (C=O) groups is 4. The maximum atomic E-state index is 15.6. The van der Waals surface area contributed by atoms with Gasteiger partial charge in [-0.05, 0) is 154 Å². The van der Waals surface area contributed by atoms with E-state index >= 15 is 17.6 Å². The smallest absolute Gasteiger partial charge is 0.260 e. The largest absolute Gasteiger partial charge is 0.490 e. The molecule has 0 spiro atoms.